The Morgan fingerprint density at radius 3 is 2.29 bits per heavy atom. The molecule has 1 saturated heterocycles. The zero-order chi connectivity index (χ0) is 22.4. The molecule has 11 heteroatoms. The van der Waals surface area contributed by atoms with Crippen LogP contribution in [0.1, 0.15) is 5.56 Å². The molecule has 2 N–H and O–H groups in total. The molecule has 0 spiro atoms. The molecule has 3 rings (SSSR count). The highest BCUT2D eigenvalue weighted by Gasteiger charge is 2.26. The molecule has 166 valence electrons. The number of rotatable bonds is 6. The zero-order valence-electron chi connectivity index (χ0n) is 16.4. The number of ether oxygens (including phenoxy) is 1. The second-order valence-electron chi connectivity index (χ2n) is 6.75. The smallest absolute Gasteiger partial charge is 0.313 e. The van der Waals surface area contributed by atoms with Gasteiger partial charge < -0.3 is 15.4 Å². The molecule has 0 atom stereocenters. The number of benzene rings is 2. The van der Waals surface area contributed by atoms with Crippen molar-refractivity contribution in [2.24, 2.45) is 0 Å². The van der Waals surface area contributed by atoms with Gasteiger partial charge in [-0.1, -0.05) is 35.3 Å². The van der Waals surface area contributed by atoms with Gasteiger partial charge in [0.1, 0.15) is 0 Å². The van der Waals surface area contributed by atoms with Gasteiger partial charge in [0, 0.05) is 25.3 Å². The topological polar surface area (TPSA) is 105 Å². The predicted molar refractivity (Wildman–Crippen MR) is 118 cm³/mol. The lowest BCUT2D eigenvalue weighted by molar-refractivity contribution is -0.136. The minimum Gasteiger partial charge on any atom is -0.379 e. The summed E-state index contributed by atoms with van der Waals surface area (Å²) in [5.74, 6) is -1.62. The van der Waals surface area contributed by atoms with Crippen LogP contribution in [0.25, 0.3) is 0 Å². The third-order valence-corrected chi connectivity index (χ3v) is 7.27. The summed E-state index contributed by atoms with van der Waals surface area (Å²) in [4.78, 5) is 24.2. The molecule has 1 aliphatic heterocycles. The Balaban J connectivity index is 1.49. The Labute approximate surface area is 190 Å². The van der Waals surface area contributed by atoms with Crippen molar-refractivity contribution in [3.8, 4) is 0 Å². The van der Waals surface area contributed by atoms with Gasteiger partial charge in [-0.15, -0.1) is 0 Å². The molecule has 2 amide bonds. The van der Waals surface area contributed by atoms with E-state index >= 15 is 0 Å². The summed E-state index contributed by atoms with van der Waals surface area (Å²) < 4.78 is 31.8. The van der Waals surface area contributed by atoms with Gasteiger partial charge in [0.2, 0.25) is 10.0 Å². The van der Waals surface area contributed by atoms with Gasteiger partial charge in [-0.25, -0.2) is 8.42 Å². The molecule has 2 aromatic rings. The summed E-state index contributed by atoms with van der Waals surface area (Å²) >= 11 is 11.7. The second-order valence-corrected chi connectivity index (χ2v) is 9.50. The molecule has 31 heavy (non-hydrogen) atoms. The van der Waals surface area contributed by atoms with Crippen molar-refractivity contribution >= 4 is 50.7 Å². The number of nitrogens with zero attached hydrogens (tertiary/aromatic N) is 1. The largest absolute Gasteiger partial charge is 0.379 e. The van der Waals surface area contributed by atoms with Gasteiger partial charge in [-0.3, -0.25) is 9.59 Å². The lowest BCUT2D eigenvalue weighted by Crippen LogP contribution is -2.40. The molecule has 1 heterocycles. The Morgan fingerprint density at radius 1 is 0.968 bits per heavy atom. The van der Waals surface area contributed by atoms with E-state index in [1.807, 2.05) is 0 Å². The number of sulfonamides is 1. The van der Waals surface area contributed by atoms with Gasteiger partial charge in [0.15, 0.2) is 0 Å². The fourth-order valence-electron chi connectivity index (χ4n) is 2.93. The first-order valence-electron chi connectivity index (χ1n) is 9.48. The number of hydrogen-bond acceptors (Lipinski definition) is 5. The van der Waals surface area contributed by atoms with Crippen molar-refractivity contribution in [3.63, 3.8) is 0 Å². The molecule has 0 bridgehead atoms. The fourth-order valence-corrected chi connectivity index (χ4v) is 4.63. The summed E-state index contributed by atoms with van der Waals surface area (Å²) in [6, 6.07) is 11.0. The highest BCUT2D eigenvalue weighted by molar-refractivity contribution is 7.89. The third kappa shape index (κ3) is 6.18. The SMILES string of the molecule is O=C(NCCc1ccc(S(=O)(=O)N2CCOCC2)cc1)C(=O)Nc1ccc(Cl)c(Cl)c1. The second kappa shape index (κ2) is 10.4. The number of halogens is 2. The number of carbonyl (C=O) groups excluding carboxylic acids is 2. The van der Waals surface area contributed by atoms with E-state index in [1.165, 1.54) is 22.5 Å². The van der Waals surface area contributed by atoms with Gasteiger partial charge >= 0.3 is 11.8 Å². The van der Waals surface area contributed by atoms with Crippen LogP contribution in [0.5, 0.6) is 0 Å². The van der Waals surface area contributed by atoms with Crippen molar-refractivity contribution in [3.05, 3.63) is 58.1 Å². The maximum atomic E-state index is 12.6. The number of hydrogen-bond donors (Lipinski definition) is 2. The van der Waals surface area contributed by atoms with E-state index in [2.05, 4.69) is 10.6 Å². The number of nitrogens with one attached hydrogen (secondary N) is 2. The normalized spacial score (nSPS) is 14.8. The maximum Gasteiger partial charge on any atom is 0.313 e. The van der Waals surface area contributed by atoms with Crippen molar-refractivity contribution in [1.82, 2.24) is 9.62 Å². The minimum absolute atomic E-state index is 0.211. The van der Waals surface area contributed by atoms with Crippen LogP contribution in [0.2, 0.25) is 10.0 Å². The monoisotopic (exact) mass is 485 g/mol. The number of anilines is 1. The average Bonchev–Trinajstić information content (AvgIpc) is 2.77. The summed E-state index contributed by atoms with van der Waals surface area (Å²) in [6.07, 6.45) is 0.434. The fraction of sp³-hybridized carbons (Fsp3) is 0.300. The first kappa shape index (κ1) is 23.5. The van der Waals surface area contributed by atoms with Crippen LogP contribution in [0.3, 0.4) is 0 Å². The lowest BCUT2D eigenvalue weighted by Gasteiger charge is -2.26. The predicted octanol–water partition coefficient (Wildman–Crippen LogP) is 2.31. The Bertz CT molecular complexity index is 1050. The maximum absolute atomic E-state index is 12.6. The van der Waals surface area contributed by atoms with Crippen molar-refractivity contribution in [1.29, 1.82) is 0 Å². The Hall–Kier alpha value is -2.17. The number of morpholine rings is 1. The standard InChI is InChI=1S/C20H21Cl2N3O5S/c21-17-6-3-15(13-18(17)22)24-20(27)19(26)23-8-7-14-1-4-16(5-2-14)31(28,29)25-9-11-30-12-10-25/h1-6,13H,7-12H2,(H,23,26)(H,24,27). The van der Waals surface area contributed by atoms with Gasteiger partial charge in [0.25, 0.3) is 0 Å². The molecular weight excluding hydrogens is 465 g/mol. The molecule has 0 radical (unpaired) electrons. The Kier molecular flexibility index (Phi) is 7.90. The summed E-state index contributed by atoms with van der Waals surface area (Å²) in [6.45, 7) is 1.65. The molecule has 1 aliphatic rings. The van der Waals surface area contributed by atoms with Crippen molar-refractivity contribution in [2.45, 2.75) is 11.3 Å². The molecule has 8 nitrogen and oxygen atoms in total. The van der Waals surface area contributed by atoms with E-state index in [4.69, 9.17) is 27.9 Å². The number of carbonyl (C=O) groups is 2. The summed E-state index contributed by atoms with van der Waals surface area (Å²) in [7, 11) is -3.55. The van der Waals surface area contributed by atoms with Crippen LogP contribution in [-0.4, -0.2) is 57.4 Å². The molecule has 2 aromatic carbocycles. The van der Waals surface area contributed by atoms with Crippen molar-refractivity contribution in [2.75, 3.05) is 38.2 Å². The molecule has 0 aliphatic carbocycles. The van der Waals surface area contributed by atoms with E-state index in [9.17, 15) is 18.0 Å². The summed E-state index contributed by atoms with van der Waals surface area (Å²) in [5.41, 5.74) is 1.18. The van der Waals surface area contributed by atoms with Gasteiger partial charge in [-0.2, -0.15) is 4.31 Å². The quantitative estimate of drug-likeness (QED) is 0.610. The van der Waals surface area contributed by atoms with Gasteiger partial charge in [0.05, 0.1) is 28.2 Å². The van der Waals surface area contributed by atoms with E-state index in [0.717, 1.165) is 5.56 Å². The first-order chi connectivity index (χ1) is 14.8. The van der Waals surface area contributed by atoms with Gasteiger partial charge in [-0.05, 0) is 42.3 Å². The van der Waals surface area contributed by atoms with Crippen LogP contribution in [0.15, 0.2) is 47.4 Å². The van der Waals surface area contributed by atoms with E-state index in [1.54, 1.807) is 24.3 Å². The van der Waals surface area contributed by atoms with Crippen molar-refractivity contribution < 1.29 is 22.7 Å². The van der Waals surface area contributed by atoms with E-state index < -0.39 is 21.8 Å². The van der Waals surface area contributed by atoms with E-state index in [-0.39, 0.29) is 16.5 Å². The van der Waals surface area contributed by atoms with Crippen LogP contribution < -0.4 is 10.6 Å². The average molecular weight is 486 g/mol. The zero-order valence-corrected chi connectivity index (χ0v) is 18.8. The molecule has 0 saturated carbocycles. The van der Waals surface area contributed by atoms with Crippen LogP contribution in [-0.2, 0) is 30.8 Å². The first-order valence-corrected chi connectivity index (χ1v) is 11.7. The third-order valence-electron chi connectivity index (χ3n) is 4.61. The van der Waals surface area contributed by atoms with Crippen LogP contribution in [0, 0.1) is 0 Å². The molecule has 1 fully saturated rings. The minimum atomic E-state index is -3.55. The highest BCUT2D eigenvalue weighted by Crippen LogP contribution is 2.25. The highest BCUT2D eigenvalue weighted by atomic mass is 35.5. The number of amides is 2. The van der Waals surface area contributed by atoms with E-state index in [0.29, 0.717) is 43.4 Å². The Morgan fingerprint density at radius 2 is 1.65 bits per heavy atom. The molecule has 0 unspecified atom stereocenters. The molecule has 0 aromatic heterocycles. The summed E-state index contributed by atoms with van der Waals surface area (Å²) in [5, 5.41) is 5.57. The van der Waals surface area contributed by atoms with Crippen LogP contribution >= 0.6 is 23.2 Å². The molecular formula is C20H21Cl2N3O5S. The van der Waals surface area contributed by atoms with Crippen LogP contribution in [0.4, 0.5) is 5.69 Å². The lowest BCUT2D eigenvalue weighted by atomic mass is 10.1.